The maximum absolute atomic E-state index is 10.9. The Bertz CT molecular complexity index is 337. The third-order valence-corrected chi connectivity index (χ3v) is 2.85. The first kappa shape index (κ1) is 21.6. The van der Waals surface area contributed by atoms with Crippen LogP contribution in [0.5, 0.6) is 0 Å². The fraction of sp³-hybridized carbons (Fsp3) is 0.562. The van der Waals surface area contributed by atoms with E-state index in [1.807, 2.05) is 12.4 Å². The summed E-state index contributed by atoms with van der Waals surface area (Å²) in [6.07, 6.45) is 11.5. The van der Waals surface area contributed by atoms with Crippen LogP contribution in [-0.2, 0) is 4.79 Å². The summed E-state index contributed by atoms with van der Waals surface area (Å²) in [5, 5.41) is 9.71. The fourth-order valence-corrected chi connectivity index (χ4v) is 1.85. The quantitative estimate of drug-likeness (QED) is 0.242. The molecule has 0 aliphatic rings. The van der Waals surface area contributed by atoms with E-state index < -0.39 is 0 Å². The zero-order chi connectivity index (χ0) is 14.0. The van der Waals surface area contributed by atoms with Crippen molar-refractivity contribution in [1.29, 1.82) is 0 Å². The second kappa shape index (κ2) is 13.3. The average Bonchev–Trinajstić information content (AvgIpc) is 2.33. The van der Waals surface area contributed by atoms with Gasteiger partial charge in [0, 0.05) is 0 Å². The molecule has 0 spiro atoms. The van der Waals surface area contributed by atoms with Gasteiger partial charge in [-0.15, -0.1) is 6.08 Å². The molecule has 19 heavy (non-hydrogen) atoms. The standard InChI is InChI=1S/C16H25O2.K/c1-5-7-8-10-15(12-17)11-16(14(4)18)13(3)9-6-2;/h8,10-11,13,18H,5-7,9H2,1-4H3;/q-1;+1/b10-8+,15-11+,16-14-;. The predicted octanol–water partition coefficient (Wildman–Crippen LogP) is 1.65. The summed E-state index contributed by atoms with van der Waals surface area (Å²) in [5.41, 5.74) is 1.33. The normalized spacial score (nSPS) is 14.8. The number of aliphatic hydroxyl groups is 1. The molecule has 0 radical (unpaired) electrons. The summed E-state index contributed by atoms with van der Waals surface area (Å²) in [4.78, 5) is 10.9. The minimum absolute atomic E-state index is 0. The van der Waals surface area contributed by atoms with Crippen molar-refractivity contribution in [3.05, 3.63) is 35.1 Å². The van der Waals surface area contributed by atoms with Gasteiger partial charge in [0.05, 0.1) is 12.0 Å². The van der Waals surface area contributed by atoms with E-state index in [2.05, 4.69) is 20.8 Å². The predicted molar refractivity (Wildman–Crippen MR) is 77.2 cm³/mol. The first-order valence-corrected chi connectivity index (χ1v) is 6.72. The molecule has 0 heterocycles. The maximum Gasteiger partial charge on any atom is 1.00 e. The fourth-order valence-electron chi connectivity index (χ4n) is 1.85. The van der Waals surface area contributed by atoms with Crippen LogP contribution in [0.15, 0.2) is 35.1 Å². The summed E-state index contributed by atoms with van der Waals surface area (Å²) < 4.78 is 0. The zero-order valence-corrected chi connectivity index (χ0v) is 16.1. The number of aliphatic hydroxyl groups excluding tert-OH is 1. The minimum atomic E-state index is 0. The number of carbonyl (C=O) groups excluding carboxylic acids is 1. The van der Waals surface area contributed by atoms with E-state index in [1.54, 1.807) is 19.1 Å². The second-order valence-electron chi connectivity index (χ2n) is 4.62. The third kappa shape index (κ3) is 9.80. The summed E-state index contributed by atoms with van der Waals surface area (Å²) >= 11 is 0. The van der Waals surface area contributed by atoms with E-state index in [9.17, 15) is 9.90 Å². The number of rotatable bonds is 8. The molecule has 0 fully saturated rings. The molecular weight excluding hydrogens is 263 g/mol. The van der Waals surface area contributed by atoms with Gasteiger partial charge >= 0.3 is 51.4 Å². The van der Waals surface area contributed by atoms with E-state index in [0.717, 1.165) is 31.3 Å². The van der Waals surface area contributed by atoms with Gasteiger partial charge in [0.2, 0.25) is 0 Å². The number of hydrogen-bond donors (Lipinski definition) is 1. The molecule has 0 aromatic heterocycles. The molecule has 0 aliphatic carbocycles. The van der Waals surface area contributed by atoms with Crippen molar-refractivity contribution < 1.29 is 61.3 Å². The van der Waals surface area contributed by atoms with Gasteiger partial charge in [-0.05, 0) is 25.7 Å². The third-order valence-electron chi connectivity index (χ3n) is 2.85. The van der Waals surface area contributed by atoms with E-state index in [4.69, 9.17) is 0 Å². The van der Waals surface area contributed by atoms with E-state index in [0.29, 0.717) is 5.57 Å². The molecule has 0 aromatic rings. The summed E-state index contributed by atoms with van der Waals surface area (Å²) in [6, 6.07) is 0. The molecule has 2 nitrogen and oxygen atoms in total. The van der Waals surface area contributed by atoms with Crippen molar-refractivity contribution in [3.63, 3.8) is 0 Å². The van der Waals surface area contributed by atoms with Crippen molar-refractivity contribution in [1.82, 2.24) is 0 Å². The van der Waals surface area contributed by atoms with Crippen LogP contribution in [0.3, 0.4) is 0 Å². The summed E-state index contributed by atoms with van der Waals surface area (Å²) in [7, 11) is 0. The largest absolute Gasteiger partial charge is 1.00 e. The molecular formula is C16H25KO2. The van der Waals surface area contributed by atoms with Crippen LogP contribution in [0.4, 0.5) is 0 Å². The van der Waals surface area contributed by atoms with Gasteiger partial charge < -0.3 is 9.90 Å². The SMILES string of the molecule is CCC/C=C/C([C-]=O)=C\C(=C(/C)O)C(C)CCC.[K+]. The Hall–Kier alpha value is 0.326. The Morgan fingerprint density at radius 2 is 1.95 bits per heavy atom. The van der Waals surface area contributed by atoms with Gasteiger partial charge in [-0.25, -0.2) is 0 Å². The van der Waals surface area contributed by atoms with Crippen LogP contribution in [0.1, 0.15) is 53.4 Å². The average molecular weight is 288 g/mol. The van der Waals surface area contributed by atoms with E-state index in [-0.39, 0.29) is 63.1 Å². The molecule has 0 rings (SSSR count). The molecule has 0 aliphatic heterocycles. The second-order valence-corrected chi connectivity index (χ2v) is 4.62. The van der Waals surface area contributed by atoms with Crippen LogP contribution in [0, 0.1) is 5.92 Å². The number of hydrogen-bond acceptors (Lipinski definition) is 2. The molecule has 0 bridgehead atoms. The van der Waals surface area contributed by atoms with Gasteiger partial charge in [0.25, 0.3) is 0 Å². The first-order valence-electron chi connectivity index (χ1n) is 6.72. The van der Waals surface area contributed by atoms with Crippen LogP contribution in [0.25, 0.3) is 0 Å². The monoisotopic (exact) mass is 288 g/mol. The molecule has 3 heteroatoms. The van der Waals surface area contributed by atoms with Crippen LogP contribution in [0.2, 0.25) is 0 Å². The van der Waals surface area contributed by atoms with Gasteiger partial charge in [-0.2, -0.15) is 17.7 Å². The molecule has 102 valence electrons. The van der Waals surface area contributed by atoms with Crippen LogP contribution >= 0.6 is 0 Å². The molecule has 0 saturated heterocycles. The topological polar surface area (TPSA) is 37.3 Å². The molecule has 0 saturated carbocycles. The van der Waals surface area contributed by atoms with E-state index >= 15 is 0 Å². The molecule has 0 aromatic carbocycles. The van der Waals surface area contributed by atoms with Gasteiger partial charge in [-0.1, -0.05) is 39.2 Å². The Balaban J connectivity index is 0. The summed E-state index contributed by atoms with van der Waals surface area (Å²) in [6.45, 7) is 7.92. The zero-order valence-electron chi connectivity index (χ0n) is 13.0. The molecule has 1 N–H and O–H groups in total. The molecule has 0 amide bonds. The number of allylic oxidation sites excluding steroid dienone is 6. The number of unbranched alkanes of at least 4 members (excludes halogenated alkanes) is 1. The van der Waals surface area contributed by atoms with Crippen LogP contribution in [-0.4, -0.2) is 11.4 Å². The van der Waals surface area contributed by atoms with Gasteiger partial charge in [-0.3, -0.25) is 0 Å². The summed E-state index contributed by atoms with van der Waals surface area (Å²) in [5.74, 6) is 0.538. The van der Waals surface area contributed by atoms with Crippen molar-refractivity contribution in [2.45, 2.75) is 53.4 Å². The Morgan fingerprint density at radius 1 is 1.32 bits per heavy atom. The first-order chi connectivity index (χ1) is 8.56. The van der Waals surface area contributed by atoms with Crippen molar-refractivity contribution in [2.24, 2.45) is 5.92 Å². The van der Waals surface area contributed by atoms with Crippen LogP contribution < -0.4 is 51.4 Å². The Labute approximate surface area is 160 Å². The smallest absolute Gasteiger partial charge is 0.513 e. The van der Waals surface area contributed by atoms with Crippen molar-refractivity contribution >= 4 is 6.29 Å². The minimum Gasteiger partial charge on any atom is -0.513 e. The van der Waals surface area contributed by atoms with E-state index in [1.165, 1.54) is 0 Å². The Morgan fingerprint density at radius 3 is 2.37 bits per heavy atom. The maximum atomic E-state index is 10.9. The molecule has 1 atom stereocenters. The van der Waals surface area contributed by atoms with Crippen molar-refractivity contribution in [2.75, 3.05) is 0 Å². The Kier molecular flexibility index (Phi) is 15.2. The van der Waals surface area contributed by atoms with Gasteiger partial charge in [0.1, 0.15) is 0 Å². The molecule has 1 unspecified atom stereocenters. The van der Waals surface area contributed by atoms with Gasteiger partial charge in [0.15, 0.2) is 0 Å². The van der Waals surface area contributed by atoms with Crippen molar-refractivity contribution in [3.8, 4) is 0 Å².